The molecule has 2 aromatic carbocycles. The van der Waals surface area contributed by atoms with Gasteiger partial charge in [-0.3, -0.25) is 0 Å². The van der Waals surface area contributed by atoms with E-state index >= 15 is 0 Å². The quantitative estimate of drug-likeness (QED) is 0.878. The van der Waals surface area contributed by atoms with Crippen molar-refractivity contribution in [2.45, 2.75) is 25.4 Å². The normalized spacial score (nSPS) is 17.9. The Hall–Kier alpha value is -2.30. The standard InChI is InChI=1S/C21H25NO3/c1-13(23)20-16(14-7-5-4-6-8-14)11-17-15(18(20)12-22)9-10-19(24-2)21(17)25-3/h4-10,13,16,23H,11-12,22H2,1-3H3. The van der Waals surface area contributed by atoms with Crippen LogP contribution in [0, 0.1) is 0 Å². The van der Waals surface area contributed by atoms with Crippen molar-refractivity contribution in [3.63, 3.8) is 0 Å². The molecule has 25 heavy (non-hydrogen) atoms. The Morgan fingerprint density at radius 3 is 2.40 bits per heavy atom. The summed E-state index contributed by atoms with van der Waals surface area (Å²) in [5.41, 5.74) is 11.4. The van der Waals surface area contributed by atoms with Crippen molar-refractivity contribution in [3.8, 4) is 11.5 Å². The average molecular weight is 339 g/mol. The van der Waals surface area contributed by atoms with Gasteiger partial charge in [-0.05, 0) is 41.7 Å². The Morgan fingerprint density at radius 1 is 1.12 bits per heavy atom. The third-order valence-electron chi connectivity index (χ3n) is 4.96. The molecule has 2 unspecified atom stereocenters. The van der Waals surface area contributed by atoms with Gasteiger partial charge >= 0.3 is 0 Å². The molecule has 0 saturated heterocycles. The van der Waals surface area contributed by atoms with Gasteiger partial charge in [0.15, 0.2) is 11.5 Å². The molecular weight excluding hydrogens is 314 g/mol. The maximum Gasteiger partial charge on any atom is 0.164 e. The van der Waals surface area contributed by atoms with E-state index in [1.165, 1.54) is 5.56 Å². The fraction of sp³-hybridized carbons (Fsp3) is 0.333. The topological polar surface area (TPSA) is 64.7 Å². The Labute approximate surface area is 148 Å². The van der Waals surface area contributed by atoms with Crippen molar-refractivity contribution in [1.29, 1.82) is 0 Å². The predicted molar refractivity (Wildman–Crippen MR) is 100 cm³/mol. The number of aliphatic hydroxyl groups is 1. The second-order valence-corrected chi connectivity index (χ2v) is 6.31. The Kier molecular flexibility index (Phi) is 5.11. The first-order chi connectivity index (χ1) is 12.1. The monoisotopic (exact) mass is 339 g/mol. The van der Waals surface area contributed by atoms with Crippen molar-refractivity contribution >= 4 is 5.57 Å². The van der Waals surface area contributed by atoms with Gasteiger partial charge in [0.05, 0.1) is 20.3 Å². The molecule has 2 atom stereocenters. The smallest absolute Gasteiger partial charge is 0.164 e. The van der Waals surface area contributed by atoms with Crippen LogP contribution < -0.4 is 15.2 Å². The maximum atomic E-state index is 10.5. The lowest BCUT2D eigenvalue weighted by Gasteiger charge is -2.33. The summed E-state index contributed by atoms with van der Waals surface area (Å²) >= 11 is 0. The van der Waals surface area contributed by atoms with E-state index in [4.69, 9.17) is 15.2 Å². The minimum Gasteiger partial charge on any atom is -0.493 e. The number of aliphatic hydroxyl groups excluding tert-OH is 1. The number of ether oxygens (including phenoxy) is 2. The van der Waals surface area contributed by atoms with Crippen LogP contribution in [-0.2, 0) is 6.42 Å². The lowest BCUT2D eigenvalue weighted by Crippen LogP contribution is -2.25. The van der Waals surface area contributed by atoms with Gasteiger partial charge in [0.2, 0.25) is 0 Å². The first-order valence-corrected chi connectivity index (χ1v) is 8.52. The van der Waals surface area contributed by atoms with Crippen LogP contribution in [0.15, 0.2) is 48.0 Å². The van der Waals surface area contributed by atoms with E-state index in [1.54, 1.807) is 14.2 Å². The number of hydrogen-bond donors (Lipinski definition) is 2. The molecule has 0 spiro atoms. The molecule has 132 valence electrons. The summed E-state index contributed by atoms with van der Waals surface area (Å²) in [6, 6.07) is 14.2. The van der Waals surface area contributed by atoms with E-state index in [0.717, 1.165) is 34.4 Å². The van der Waals surface area contributed by atoms with E-state index in [-0.39, 0.29) is 5.92 Å². The molecule has 3 N–H and O–H groups in total. The third-order valence-corrected chi connectivity index (χ3v) is 4.96. The second-order valence-electron chi connectivity index (χ2n) is 6.31. The summed E-state index contributed by atoms with van der Waals surface area (Å²) in [7, 11) is 3.30. The van der Waals surface area contributed by atoms with Crippen molar-refractivity contribution < 1.29 is 14.6 Å². The lowest BCUT2D eigenvalue weighted by molar-refractivity contribution is 0.223. The van der Waals surface area contributed by atoms with E-state index < -0.39 is 6.10 Å². The zero-order valence-electron chi connectivity index (χ0n) is 15.0. The van der Waals surface area contributed by atoms with Gasteiger partial charge in [-0.15, -0.1) is 0 Å². The van der Waals surface area contributed by atoms with Crippen LogP contribution in [0.25, 0.3) is 5.57 Å². The van der Waals surface area contributed by atoms with Crippen molar-refractivity contribution in [2.75, 3.05) is 20.8 Å². The highest BCUT2D eigenvalue weighted by atomic mass is 16.5. The summed E-state index contributed by atoms with van der Waals surface area (Å²) in [6.45, 7) is 2.18. The summed E-state index contributed by atoms with van der Waals surface area (Å²) < 4.78 is 11.1. The van der Waals surface area contributed by atoms with E-state index in [0.29, 0.717) is 12.3 Å². The molecule has 0 aliphatic heterocycles. The SMILES string of the molecule is COc1ccc2c(c1OC)CC(c1ccccc1)C(C(C)O)=C2CN. The molecule has 1 aliphatic carbocycles. The first kappa shape index (κ1) is 17.5. The number of hydrogen-bond acceptors (Lipinski definition) is 4. The molecule has 4 nitrogen and oxygen atoms in total. The number of nitrogens with two attached hydrogens (primary N) is 1. The highest BCUT2D eigenvalue weighted by molar-refractivity contribution is 5.79. The van der Waals surface area contributed by atoms with Gasteiger partial charge in [-0.25, -0.2) is 0 Å². The Balaban J connectivity index is 2.26. The molecule has 0 heterocycles. The van der Waals surface area contributed by atoms with Crippen molar-refractivity contribution in [3.05, 3.63) is 64.7 Å². The highest BCUT2D eigenvalue weighted by Gasteiger charge is 2.32. The molecule has 0 aromatic heterocycles. The Bertz CT molecular complexity index is 781. The predicted octanol–water partition coefficient (Wildman–Crippen LogP) is 3.14. The number of benzene rings is 2. The van der Waals surface area contributed by atoms with E-state index in [9.17, 15) is 5.11 Å². The Morgan fingerprint density at radius 2 is 1.84 bits per heavy atom. The molecule has 0 saturated carbocycles. The molecule has 1 aliphatic rings. The van der Waals surface area contributed by atoms with Crippen molar-refractivity contribution in [1.82, 2.24) is 0 Å². The van der Waals surface area contributed by atoms with Crippen LogP contribution in [0.4, 0.5) is 0 Å². The minimum atomic E-state index is -0.565. The molecule has 0 radical (unpaired) electrons. The summed E-state index contributed by atoms with van der Waals surface area (Å²) in [4.78, 5) is 0. The molecule has 4 heteroatoms. The van der Waals surface area contributed by atoms with Crippen LogP contribution in [0.5, 0.6) is 11.5 Å². The van der Waals surface area contributed by atoms with Gasteiger partial charge in [0.25, 0.3) is 0 Å². The largest absolute Gasteiger partial charge is 0.493 e. The highest BCUT2D eigenvalue weighted by Crippen LogP contribution is 2.47. The molecular formula is C21H25NO3. The second kappa shape index (κ2) is 7.30. The zero-order chi connectivity index (χ0) is 18.0. The average Bonchev–Trinajstić information content (AvgIpc) is 2.65. The van der Waals surface area contributed by atoms with Crippen LogP contribution in [0.2, 0.25) is 0 Å². The minimum absolute atomic E-state index is 0.0632. The van der Waals surface area contributed by atoms with Gasteiger partial charge in [0.1, 0.15) is 0 Å². The summed E-state index contributed by atoms with van der Waals surface area (Å²) in [5.74, 6) is 1.52. The maximum absolute atomic E-state index is 10.5. The number of methoxy groups -OCH3 is 2. The van der Waals surface area contributed by atoms with E-state index in [1.807, 2.05) is 37.3 Å². The molecule has 0 bridgehead atoms. The van der Waals surface area contributed by atoms with Gasteiger partial charge in [-0.1, -0.05) is 36.4 Å². The van der Waals surface area contributed by atoms with Gasteiger partial charge < -0.3 is 20.3 Å². The first-order valence-electron chi connectivity index (χ1n) is 8.52. The zero-order valence-corrected chi connectivity index (χ0v) is 15.0. The van der Waals surface area contributed by atoms with Crippen LogP contribution >= 0.6 is 0 Å². The molecule has 0 fully saturated rings. The fourth-order valence-electron chi connectivity index (χ4n) is 3.91. The number of fused-ring (bicyclic) bond motifs is 1. The lowest BCUT2D eigenvalue weighted by atomic mass is 9.73. The molecule has 0 amide bonds. The fourth-order valence-corrected chi connectivity index (χ4v) is 3.91. The van der Waals surface area contributed by atoms with Crippen LogP contribution in [0.3, 0.4) is 0 Å². The third kappa shape index (κ3) is 3.03. The van der Waals surface area contributed by atoms with Gasteiger partial charge in [-0.2, -0.15) is 0 Å². The van der Waals surface area contributed by atoms with E-state index in [2.05, 4.69) is 12.1 Å². The summed E-state index contributed by atoms with van der Waals surface area (Å²) in [6.07, 6.45) is 0.175. The molecule has 3 rings (SSSR count). The number of rotatable bonds is 5. The van der Waals surface area contributed by atoms with Crippen molar-refractivity contribution in [2.24, 2.45) is 5.73 Å². The van der Waals surface area contributed by atoms with Crippen LogP contribution in [-0.4, -0.2) is 32.0 Å². The van der Waals surface area contributed by atoms with Gasteiger partial charge in [0, 0.05) is 18.0 Å². The van der Waals surface area contributed by atoms with Crippen LogP contribution in [0.1, 0.15) is 29.5 Å². The summed E-state index contributed by atoms with van der Waals surface area (Å²) in [5, 5.41) is 10.5. The molecule has 2 aromatic rings.